The molecule has 1 aromatic heterocycles. The Bertz CT molecular complexity index is 549. The summed E-state index contributed by atoms with van der Waals surface area (Å²) in [5.41, 5.74) is 2.86. The van der Waals surface area contributed by atoms with E-state index in [-0.39, 0.29) is 5.91 Å². The molecule has 0 radical (unpaired) electrons. The molecule has 0 saturated carbocycles. The first-order valence-corrected chi connectivity index (χ1v) is 6.65. The Morgan fingerprint density at radius 1 is 1.35 bits per heavy atom. The van der Waals surface area contributed by atoms with E-state index in [9.17, 15) is 4.79 Å². The van der Waals surface area contributed by atoms with Crippen LogP contribution in [0.2, 0.25) is 0 Å². The zero-order valence-electron chi connectivity index (χ0n) is 11.9. The van der Waals surface area contributed by atoms with Crippen LogP contribution >= 0.6 is 0 Å². The maximum Gasteiger partial charge on any atom is 0.251 e. The summed E-state index contributed by atoms with van der Waals surface area (Å²) >= 11 is 0. The molecule has 0 saturated heterocycles. The zero-order valence-corrected chi connectivity index (χ0v) is 11.9. The number of aromatic nitrogens is 2. The lowest BCUT2D eigenvalue weighted by molar-refractivity contribution is 0.0954. The maximum absolute atomic E-state index is 12.1. The minimum Gasteiger partial charge on any atom is -0.352 e. The summed E-state index contributed by atoms with van der Waals surface area (Å²) in [4.78, 5) is 14.1. The van der Waals surface area contributed by atoms with Crippen LogP contribution in [-0.2, 0) is 13.0 Å². The first-order valence-electron chi connectivity index (χ1n) is 6.65. The fourth-order valence-corrected chi connectivity index (χ4v) is 2.01. The van der Waals surface area contributed by atoms with Gasteiger partial charge in [-0.3, -0.25) is 9.89 Å². The Balaban J connectivity index is 1.88. The van der Waals surface area contributed by atoms with Crippen LogP contribution in [0.25, 0.3) is 0 Å². The highest BCUT2D eigenvalue weighted by atomic mass is 16.1. The van der Waals surface area contributed by atoms with Gasteiger partial charge in [-0.25, -0.2) is 0 Å². The lowest BCUT2D eigenvalue weighted by atomic mass is 10.1. The van der Waals surface area contributed by atoms with E-state index in [1.807, 2.05) is 44.4 Å². The number of aromatic amines is 1. The SMILES string of the molecule is CN(C)Cc1cccc(C(=O)NCCc2ccn[nH]2)c1. The van der Waals surface area contributed by atoms with Crippen LogP contribution in [0, 0.1) is 0 Å². The van der Waals surface area contributed by atoms with Crippen LogP contribution in [0.1, 0.15) is 21.6 Å². The topological polar surface area (TPSA) is 61.0 Å². The average molecular weight is 272 g/mol. The van der Waals surface area contributed by atoms with Crippen molar-refractivity contribution in [3.05, 3.63) is 53.3 Å². The van der Waals surface area contributed by atoms with Crippen molar-refractivity contribution < 1.29 is 4.79 Å². The minimum atomic E-state index is -0.0369. The molecule has 20 heavy (non-hydrogen) atoms. The molecular weight excluding hydrogens is 252 g/mol. The summed E-state index contributed by atoms with van der Waals surface area (Å²) in [7, 11) is 4.02. The predicted molar refractivity (Wildman–Crippen MR) is 78.5 cm³/mol. The van der Waals surface area contributed by atoms with Gasteiger partial charge in [-0.15, -0.1) is 0 Å². The molecule has 2 N–H and O–H groups in total. The molecule has 0 fully saturated rings. The van der Waals surface area contributed by atoms with E-state index in [2.05, 4.69) is 20.4 Å². The van der Waals surface area contributed by atoms with Gasteiger partial charge in [-0.2, -0.15) is 5.10 Å². The molecule has 5 nitrogen and oxygen atoms in total. The lowest BCUT2D eigenvalue weighted by Crippen LogP contribution is -2.26. The molecule has 0 aliphatic heterocycles. The van der Waals surface area contributed by atoms with Crippen molar-refractivity contribution >= 4 is 5.91 Å². The van der Waals surface area contributed by atoms with Crippen molar-refractivity contribution in [3.8, 4) is 0 Å². The molecule has 5 heteroatoms. The Morgan fingerprint density at radius 2 is 2.20 bits per heavy atom. The fraction of sp³-hybridized carbons (Fsp3) is 0.333. The number of hydrogen-bond acceptors (Lipinski definition) is 3. The van der Waals surface area contributed by atoms with Gasteiger partial charge in [0.2, 0.25) is 0 Å². The summed E-state index contributed by atoms with van der Waals surface area (Å²) in [5.74, 6) is -0.0369. The van der Waals surface area contributed by atoms with E-state index in [4.69, 9.17) is 0 Å². The van der Waals surface area contributed by atoms with E-state index in [0.29, 0.717) is 12.1 Å². The summed E-state index contributed by atoms with van der Waals surface area (Å²) < 4.78 is 0. The Morgan fingerprint density at radius 3 is 2.90 bits per heavy atom. The molecule has 2 rings (SSSR count). The van der Waals surface area contributed by atoms with Gasteiger partial charge in [-0.1, -0.05) is 12.1 Å². The fourth-order valence-electron chi connectivity index (χ4n) is 2.01. The molecular formula is C15H20N4O. The van der Waals surface area contributed by atoms with E-state index in [0.717, 1.165) is 24.2 Å². The average Bonchev–Trinajstić information content (AvgIpc) is 2.91. The number of nitrogens with one attached hydrogen (secondary N) is 2. The first-order chi connectivity index (χ1) is 9.65. The zero-order chi connectivity index (χ0) is 14.4. The monoisotopic (exact) mass is 272 g/mol. The maximum atomic E-state index is 12.1. The highest BCUT2D eigenvalue weighted by Crippen LogP contribution is 2.07. The van der Waals surface area contributed by atoms with E-state index in [1.54, 1.807) is 6.20 Å². The number of carbonyl (C=O) groups excluding carboxylic acids is 1. The van der Waals surface area contributed by atoms with Gasteiger partial charge in [0.25, 0.3) is 5.91 Å². The van der Waals surface area contributed by atoms with Crippen molar-refractivity contribution in [1.29, 1.82) is 0 Å². The number of carbonyl (C=O) groups is 1. The lowest BCUT2D eigenvalue weighted by Gasteiger charge is -2.11. The Hall–Kier alpha value is -2.14. The molecule has 1 amide bonds. The number of nitrogens with zero attached hydrogens (tertiary/aromatic N) is 2. The number of amides is 1. The third-order valence-corrected chi connectivity index (χ3v) is 2.93. The smallest absolute Gasteiger partial charge is 0.251 e. The van der Waals surface area contributed by atoms with Gasteiger partial charge in [0.15, 0.2) is 0 Å². The van der Waals surface area contributed by atoms with Crippen LogP contribution in [0.15, 0.2) is 36.5 Å². The molecule has 0 bridgehead atoms. The van der Waals surface area contributed by atoms with Gasteiger partial charge < -0.3 is 10.2 Å². The van der Waals surface area contributed by atoms with Crippen LogP contribution < -0.4 is 5.32 Å². The normalized spacial score (nSPS) is 10.8. The Labute approximate surface area is 119 Å². The van der Waals surface area contributed by atoms with Gasteiger partial charge in [0.1, 0.15) is 0 Å². The van der Waals surface area contributed by atoms with Crippen molar-refractivity contribution in [2.24, 2.45) is 0 Å². The summed E-state index contributed by atoms with van der Waals surface area (Å²) in [6.07, 6.45) is 2.46. The minimum absolute atomic E-state index is 0.0369. The van der Waals surface area contributed by atoms with E-state index >= 15 is 0 Å². The number of hydrogen-bond donors (Lipinski definition) is 2. The first kappa shape index (κ1) is 14.3. The van der Waals surface area contributed by atoms with Crippen LogP contribution in [-0.4, -0.2) is 41.6 Å². The van der Waals surface area contributed by atoms with Crippen molar-refractivity contribution in [3.63, 3.8) is 0 Å². The number of H-pyrrole nitrogens is 1. The quantitative estimate of drug-likeness (QED) is 0.836. The molecule has 1 aromatic carbocycles. The van der Waals surface area contributed by atoms with Gasteiger partial charge in [0.05, 0.1) is 0 Å². The second-order valence-electron chi connectivity index (χ2n) is 5.03. The van der Waals surface area contributed by atoms with Gasteiger partial charge in [0, 0.05) is 37.0 Å². The predicted octanol–water partition coefficient (Wildman–Crippen LogP) is 1.44. The van der Waals surface area contributed by atoms with Crippen molar-refractivity contribution in [1.82, 2.24) is 20.4 Å². The summed E-state index contributed by atoms with van der Waals surface area (Å²) in [6.45, 7) is 1.42. The molecule has 0 aliphatic rings. The standard InChI is InChI=1S/C15H20N4O/c1-19(2)11-12-4-3-5-13(10-12)15(20)16-8-6-14-7-9-17-18-14/h3-5,7,9-10H,6,8,11H2,1-2H3,(H,16,20)(H,17,18). The van der Waals surface area contributed by atoms with E-state index in [1.165, 1.54) is 0 Å². The number of benzene rings is 1. The van der Waals surface area contributed by atoms with Crippen molar-refractivity contribution in [2.45, 2.75) is 13.0 Å². The summed E-state index contributed by atoms with van der Waals surface area (Å²) in [5, 5.41) is 9.67. The molecule has 0 aliphatic carbocycles. The molecule has 0 unspecified atom stereocenters. The van der Waals surface area contributed by atoms with Crippen molar-refractivity contribution in [2.75, 3.05) is 20.6 Å². The molecule has 0 atom stereocenters. The second kappa shape index (κ2) is 6.86. The van der Waals surface area contributed by atoms with E-state index < -0.39 is 0 Å². The third-order valence-electron chi connectivity index (χ3n) is 2.93. The van der Waals surface area contributed by atoms with Crippen LogP contribution in [0.5, 0.6) is 0 Å². The summed E-state index contributed by atoms with van der Waals surface area (Å²) in [6, 6.07) is 9.63. The van der Waals surface area contributed by atoms with Gasteiger partial charge in [-0.05, 0) is 37.9 Å². The molecule has 0 spiro atoms. The molecule has 2 aromatic rings. The van der Waals surface area contributed by atoms with Crippen LogP contribution in [0.3, 0.4) is 0 Å². The van der Waals surface area contributed by atoms with Gasteiger partial charge >= 0.3 is 0 Å². The largest absolute Gasteiger partial charge is 0.352 e. The van der Waals surface area contributed by atoms with Crippen LogP contribution in [0.4, 0.5) is 0 Å². The number of rotatable bonds is 6. The third kappa shape index (κ3) is 4.20. The Kier molecular flexibility index (Phi) is 4.90. The second-order valence-corrected chi connectivity index (χ2v) is 5.03. The highest BCUT2D eigenvalue weighted by Gasteiger charge is 2.06. The molecule has 1 heterocycles. The molecule has 106 valence electrons. The highest BCUT2D eigenvalue weighted by molar-refractivity contribution is 5.94.